The number of hydrogen-bond donors (Lipinski definition) is 0. The van der Waals surface area contributed by atoms with E-state index in [9.17, 15) is 0 Å². The van der Waals surface area contributed by atoms with Gasteiger partial charge in [0.05, 0.1) is 6.26 Å². The second kappa shape index (κ2) is 7.59. The fraction of sp³-hybridized carbons (Fsp3) is 0.333. The van der Waals surface area contributed by atoms with Crippen molar-refractivity contribution in [2.45, 2.75) is 32.3 Å². The van der Waals surface area contributed by atoms with Crippen LogP contribution in [0.4, 0.5) is 0 Å². The molecule has 1 rings (SSSR count). The maximum atomic E-state index is 5.10. The average molecular weight is 214 g/mol. The first-order valence-corrected chi connectivity index (χ1v) is 5.61. The molecule has 1 aromatic carbocycles. The zero-order valence-electron chi connectivity index (χ0n) is 9.78. The maximum Gasteiger partial charge on any atom is 0.155 e. The Kier molecular flexibility index (Phi) is 5.88. The standard InChI is InChI=1S/C15H18O/c1-3-16-14(2)10-6-4-7-11-15-12-8-5-9-13-15/h3,5,8-9,12-14H,1,4,7,11H2,2H3/t14-/m1/s1. The van der Waals surface area contributed by atoms with Crippen LogP contribution in [0.15, 0.2) is 43.2 Å². The Morgan fingerprint density at radius 1 is 1.38 bits per heavy atom. The van der Waals surface area contributed by atoms with Gasteiger partial charge in [-0.05, 0) is 25.3 Å². The smallest absolute Gasteiger partial charge is 0.155 e. The number of benzene rings is 1. The predicted octanol–water partition coefficient (Wildman–Crippen LogP) is 3.56. The fourth-order valence-corrected chi connectivity index (χ4v) is 1.42. The molecule has 0 aromatic heterocycles. The minimum atomic E-state index is -0.0470. The lowest BCUT2D eigenvalue weighted by Gasteiger charge is -2.01. The summed E-state index contributed by atoms with van der Waals surface area (Å²) in [6.45, 7) is 5.42. The van der Waals surface area contributed by atoms with Gasteiger partial charge < -0.3 is 4.74 Å². The molecule has 0 N–H and O–H groups in total. The van der Waals surface area contributed by atoms with Crippen LogP contribution in [0.5, 0.6) is 0 Å². The van der Waals surface area contributed by atoms with E-state index in [1.807, 2.05) is 13.0 Å². The molecule has 1 atom stereocenters. The Hall–Kier alpha value is -1.68. The molecule has 0 saturated heterocycles. The van der Waals surface area contributed by atoms with E-state index in [0.29, 0.717) is 0 Å². The maximum absolute atomic E-state index is 5.10. The van der Waals surface area contributed by atoms with E-state index in [1.54, 1.807) is 0 Å². The van der Waals surface area contributed by atoms with Gasteiger partial charge in [-0.25, -0.2) is 0 Å². The SMILES string of the molecule is C=CO[C@H](C)C#CCCCc1ccccc1. The van der Waals surface area contributed by atoms with Gasteiger partial charge in [0.2, 0.25) is 0 Å². The molecular formula is C15H18O. The fourth-order valence-electron chi connectivity index (χ4n) is 1.42. The third-order valence-electron chi connectivity index (χ3n) is 2.22. The Bertz CT molecular complexity index is 356. The lowest BCUT2D eigenvalue weighted by atomic mass is 10.1. The molecule has 0 aliphatic rings. The molecule has 0 saturated carbocycles. The van der Waals surface area contributed by atoms with Gasteiger partial charge in [-0.15, -0.1) is 0 Å². The molecule has 84 valence electrons. The highest BCUT2D eigenvalue weighted by Crippen LogP contribution is 2.03. The van der Waals surface area contributed by atoms with Crippen molar-refractivity contribution in [1.29, 1.82) is 0 Å². The second-order valence-corrected chi connectivity index (χ2v) is 3.61. The van der Waals surface area contributed by atoms with Crippen LogP contribution >= 0.6 is 0 Å². The summed E-state index contributed by atoms with van der Waals surface area (Å²) in [5.41, 5.74) is 1.37. The Morgan fingerprint density at radius 3 is 2.81 bits per heavy atom. The zero-order valence-corrected chi connectivity index (χ0v) is 9.78. The van der Waals surface area contributed by atoms with Crippen molar-refractivity contribution >= 4 is 0 Å². The molecule has 1 heteroatoms. The summed E-state index contributed by atoms with van der Waals surface area (Å²) in [7, 11) is 0. The van der Waals surface area contributed by atoms with Crippen molar-refractivity contribution in [2.24, 2.45) is 0 Å². The molecule has 0 heterocycles. The number of ether oxygens (including phenoxy) is 1. The lowest BCUT2D eigenvalue weighted by molar-refractivity contribution is 0.213. The molecule has 1 aromatic rings. The van der Waals surface area contributed by atoms with Gasteiger partial charge in [-0.2, -0.15) is 0 Å². The molecule has 16 heavy (non-hydrogen) atoms. The minimum Gasteiger partial charge on any atom is -0.486 e. The molecule has 0 aliphatic heterocycles. The first-order chi connectivity index (χ1) is 7.83. The predicted molar refractivity (Wildman–Crippen MR) is 67.9 cm³/mol. The van der Waals surface area contributed by atoms with Gasteiger partial charge in [0.1, 0.15) is 0 Å². The van der Waals surface area contributed by atoms with Crippen LogP contribution in [0.3, 0.4) is 0 Å². The number of aryl methyl sites for hydroxylation is 1. The van der Waals surface area contributed by atoms with Crippen molar-refractivity contribution in [1.82, 2.24) is 0 Å². The van der Waals surface area contributed by atoms with Crippen LogP contribution in [0.25, 0.3) is 0 Å². The van der Waals surface area contributed by atoms with E-state index in [0.717, 1.165) is 19.3 Å². The average Bonchev–Trinajstić information content (AvgIpc) is 2.30. The van der Waals surface area contributed by atoms with E-state index in [4.69, 9.17) is 4.74 Å². The number of rotatable bonds is 5. The number of unbranched alkanes of at least 4 members (excludes halogenated alkanes) is 1. The quantitative estimate of drug-likeness (QED) is 0.413. The largest absolute Gasteiger partial charge is 0.486 e. The van der Waals surface area contributed by atoms with Crippen LogP contribution in [-0.4, -0.2) is 6.10 Å². The van der Waals surface area contributed by atoms with E-state index in [-0.39, 0.29) is 6.10 Å². The third kappa shape index (κ3) is 5.26. The second-order valence-electron chi connectivity index (χ2n) is 3.61. The van der Waals surface area contributed by atoms with Crippen molar-refractivity contribution < 1.29 is 4.74 Å². The molecule has 0 aliphatic carbocycles. The summed E-state index contributed by atoms with van der Waals surface area (Å²) in [6, 6.07) is 10.5. The third-order valence-corrected chi connectivity index (χ3v) is 2.22. The highest BCUT2D eigenvalue weighted by Gasteiger charge is 1.92. The Labute approximate surface area is 98.1 Å². The molecule has 0 unspecified atom stereocenters. The summed E-state index contributed by atoms with van der Waals surface area (Å²) in [5, 5.41) is 0. The van der Waals surface area contributed by atoms with Crippen molar-refractivity contribution in [3.8, 4) is 11.8 Å². The lowest BCUT2D eigenvalue weighted by Crippen LogP contribution is -1.98. The summed E-state index contributed by atoms with van der Waals surface area (Å²) in [4.78, 5) is 0. The van der Waals surface area contributed by atoms with E-state index in [2.05, 4.69) is 42.7 Å². The van der Waals surface area contributed by atoms with E-state index in [1.165, 1.54) is 11.8 Å². The highest BCUT2D eigenvalue weighted by atomic mass is 16.5. The molecule has 0 fully saturated rings. The molecule has 0 radical (unpaired) electrons. The first kappa shape index (κ1) is 12.4. The number of hydrogen-bond acceptors (Lipinski definition) is 1. The van der Waals surface area contributed by atoms with Crippen LogP contribution in [-0.2, 0) is 11.2 Å². The van der Waals surface area contributed by atoms with Crippen molar-refractivity contribution in [2.75, 3.05) is 0 Å². The van der Waals surface area contributed by atoms with Crippen LogP contribution in [0.2, 0.25) is 0 Å². The minimum absolute atomic E-state index is 0.0470. The van der Waals surface area contributed by atoms with Gasteiger partial charge >= 0.3 is 0 Å². The topological polar surface area (TPSA) is 9.23 Å². The summed E-state index contributed by atoms with van der Waals surface area (Å²) >= 11 is 0. The first-order valence-electron chi connectivity index (χ1n) is 5.61. The summed E-state index contributed by atoms with van der Waals surface area (Å²) in [5.74, 6) is 6.14. The van der Waals surface area contributed by atoms with Crippen LogP contribution in [0, 0.1) is 11.8 Å². The highest BCUT2D eigenvalue weighted by molar-refractivity contribution is 5.15. The van der Waals surface area contributed by atoms with E-state index >= 15 is 0 Å². The molecule has 0 spiro atoms. The normalized spacial score (nSPS) is 11.1. The monoisotopic (exact) mass is 214 g/mol. The van der Waals surface area contributed by atoms with Gasteiger partial charge in [0.25, 0.3) is 0 Å². The van der Waals surface area contributed by atoms with Gasteiger partial charge in [0, 0.05) is 6.42 Å². The summed E-state index contributed by atoms with van der Waals surface area (Å²) < 4.78 is 5.10. The van der Waals surface area contributed by atoms with Crippen LogP contribution < -0.4 is 0 Å². The Morgan fingerprint density at radius 2 is 2.12 bits per heavy atom. The van der Waals surface area contributed by atoms with Crippen molar-refractivity contribution in [3.05, 3.63) is 48.7 Å². The zero-order chi connectivity index (χ0) is 11.6. The van der Waals surface area contributed by atoms with E-state index < -0.39 is 0 Å². The summed E-state index contributed by atoms with van der Waals surface area (Å²) in [6.07, 6.45) is 4.49. The van der Waals surface area contributed by atoms with Crippen LogP contribution in [0.1, 0.15) is 25.3 Å². The molecule has 0 bridgehead atoms. The van der Waals surface area contributed by atoms with Gasteiger partial charge in [0.15, 0.2) is 6.10 Å². The Balaban J connectivity index is 2.19. The van der Waals surface area contributed by atoms with Crippen molar-refractivity contribution in [3.63, 3.8) is 0 Å². The molecular weight excluding hydrogens is 196 g/mol. The van der Waals surface area contributed by atoms with Gasteiger partial charge in [-0.1, -0.05) is 48.8 Å². The molecule has 0 amide bonds. The molecule has 1 nitrogen and oxygen atoms in total. The van der Waals surface area contributed by atoms with Gasteiger partial charge in [-0.3, -0.25) is 0 Å².